The van der Waals surface area contributed by atoms with Crippen molar-refractivity contribution < 1.29 is 4.79 Å². The van der Waals surface area contributed by atoms with Crippen LogP contribution in [0.5, 0.6) is 0 Å². The molecule has 24 heavy (non-hydrogen) atoms. The number of benzene rings is 1. The average molecular weight is 345 g/mol. The summed E-state index contributed by atoms with van der Waals surface area (Å²) in [5.41, 5.74) is 2.49. The molecule has 1 unspecified atom stereocenters. The molecule has 0 aliphatic carbocycles. The first kappa shape index (κ1) is 18.3. The first-order chi connectivity index (χ1) is 11.6. The Morgan fingerprint density at radius 3 is 2.67 bits per heavy atom. The lowest BCUT2D eigenvalue weighted by atomic mass is 10.1. The first-order valence-electron chi connectivity index (χ1n) is 8.23. The molecule has 5 nitrogen and oxygen atoms in total. The molecule has 1 aromatic carbocycles. The molecule has 1 aromatic heterocycles. The van der Waals surface area contributed by atoms with Crippen molar-refractivity contribution in [3.05, 3.63) is 51.9 Å². The Balaban J connectivity index is 2.14. The summed E-state index contributed by atoms with van der Waals surface area (Å²) in [6.07, 6.45) is 2.18. The monoisotopic (exact) mass is 345 g/mol. The Hall–Kier alpha value is -2.08. The highest BCUT2D eigenvalue weighted by atomic mass is 32.2. The van der Waals surface area contributed by atoms with E-state index in [0.717, 1.165) is 23.4 Å². The number of anilines is 1. The maximum absolute atomic E-state index is 12.6. The zero-order valence-corrected chi connectivity index (χ0v) is 15.1. The number of aromatic amines is 1. The van der Waals surface area contributed by atoms with Crippen LogP contribution in [0.3, 0.4) is 0 Å². The van der Waals surface area contributed by atoms with Gasteiger partial charge in [-0.15, -0.1) is 0 Å². The van der Waals surface area contributed by atoms with Crippen LogP contribution in [0.4, 0.5) is 5.69 Å². The van der Waals surface area contributed by atoms with Crippen LogP contribution in [0.1, 0.15) is 38.4 Å². The van der Waals surface area contributed by atoms with Crippen LogP contribution >= 0.6 is 11.8 Å². The number of hydrogen-bond acceptors (Lipinski definition) is 4. The van der Waals surface area contributed by atoms with Gasteiger partial charge in [0.15, 0.2) is 5.16 Å². The highest BCUT2D eigenvalue weighted by Gasteiger charge is 2.20. The van der Waals surface area contributed by atoms with Crippen molar-refractivity contribution in [2.24, 2.45) is 0 Å². The van der Waals surface area contributed by atoms with Gasteiger partial charge in [-0.25, -0.2) is 4.98 Å². The fourth-order valence-corrected chi connectivity index (χ4v) is 3.27. The number of carbonyl (C=O) groups is 1. The van der Waals surface area contributed by atoms with Crippen LogP contribution in [-0.4, -0.2) is 21.1 Å². The largest absolute Gasteiger partial charge is 0.325 e. The molecular formula is C18H23N3O2S. The van der Waals surface area contributed by atoms with Crippen LogP contribution in [-0.2, 0) is 17.6 Å². The number of aromatic nitrogens is 2. The lowest BCUT2D eigenvalue weighted by Crippen LogP contribution is -2.26. The van der Waals surface area contributed by atoms with Crippen LogP contribution in [0.2, 0.25) is 0 Å². The molecule has 2 N–H and O–H groups in total. The topological polar surface area (TPSA) is 74.8 Å². The summed E-state index contributed by atoms with van der Waals surface area (Å²) in [6, 6.07) is 9.28. The van der Waals surface area contributed by atoms with Gasteiger partial charge in [0.2, 0.25) is 5.91 Å². The number of rotatable bonds is 7. The molecule has 0 aliphatic heterocycles. The van der Waals surface area contributed by atoms with Gasteiger partial charge >= 0.3 is 0 Å². The van der Waals surface area contributed by atoms with Crippen molar-refractivity contribution in [1.29, 1.82) is 0 Å². The standard InChI is InChI=1S/C18H23N3O2S/c1-4-12-9-7-8-10-14(12)20-17(23)15(6-3)24-18-19-13(5-2)11-16(22)21-18/h7-11,15H,4-6H2,1-3H3,(H,20,23)(H,19,21,22). The van der Waals surface area contributed by atoms with E-state index in [1.165, 1.54) is 17.8 Å². The number of thioether (sulfide) groups is 1. The second-order valence-corrected chi connectivity index (χ2v) is 6.60. The summed E-state index contributed by atoms with van der Waals surface area (Å²) >= 11 is 1.29. The van der Waals surface area contributed by atoms with E-state index >= 15 is 0 Å². The summed E-state index contributed by atoms with van der Waals surface area (Å²) in [4.78, 5) is 31.4. The Labute approximate surface area is 146 Å². The number of carbonyl (C=O) groups excluding carboxylic acids is 1. The van der Waals surface area contributed by atoms with E-state index in [1.807, 2.05) is 38.1 Å². The van der Waals surface area contributed by atoms with Crippen LogP contribution in [0, 0.1) is 0 Å². The van der Waals surface area contributed by atoms with Crippen molar-refractivity contribution >= 4 is 23.4 Å². The Morgan fingerprint density at radius 2 is 2.00 bits per heavy atom. The van der Waals surface area contributed by atoms with E-state index in [1.54, 1.807) is 0 Å². The Morgan fingerprint density at radius 1 is 1.25 bits per heavy atom. The molecule has 0 saturated carbocycles. The number of aryl methyl sites for hydroxylation is 2. The summed E-state index contributed by atoms with van der Waals surface area (Å²) in [6.45, 7) is 5.95. The van der Waals surface area contributed by atoms with Crippen LogP contribution < -0.4 is 10.9 Å². The summed E-state index contributed by atoms with van der Waals surface area (Å²) in [7, 11) is 0. The van der Waals surface area contributed by atoms with Gasteiger partial charge in [-0.3, -0.25) is 9.59 Å². The highest BCUT2D eigenvalue weighted by molar-refractivity contribution is 8.00. The predicted octanol–water partition coefficient (Wildman–Crippen LogP) is 3.40. The number of para-hydroxylation sites is 1. The molecule has 1 heterocycles. The zero-order chi connectivity index (χ0) is 17.5. The summed E-state index contributed by atoms with van der Waals surface area (Å²) in [5, 5.41) is 3.17. The number of nitrogens with one attached hydrogen (secondary N) is 2. The molecule has 2 rings (SSSR count). The molecule has 0 spiro atoms. The maximum atomic E-state index is 12.6. The number of amides is 1. The average Bonchev–Trinajstić information content (AvgIpc) is 2.59. The molecule has 0 fully saturated rings. The molecule has 128 valence electrons. The van der Waals surface area contributed by atoms with Gasteiger partial charge in [-0.05, 0) is 30.9 Å². The molecule has 0 radical (unpaired) electrons. The lowest BCUT2D eigenvalue weighted by molar-refractivity contribution is -0.115. The molecule has 1 amide bonds. The third-order valence-electron chi connectivity index (χ3n) is 3.71. The highest BCUT2D eigenvalue weighted by Crippen LogP contribution is 2.24. The van der Waals surface area contributed by atoms with Crippen molar-refractivity contribution in [2.45, 2.75) is 50.4 Å². The lowest BCUT2D eigenvalue weighted by Gasteiger charge is -2.16. The van der Waals surface area contributed by atoms with Crippen molar-refractivity contribution in [2.75, 3.05) is 5.32 Å². The van der Waals surface area contributed by atoms with Gasteiger partial charge in [-0.2, -0.15) is 0 Å². The summed E-state index contributed by atoms with van der Waals surface area (Å²) < 4.78 is 0. The number of hydrogen-bond donors (Lipinski definition) is 2. The normalized spacial score (nSPS) is 12.0. The number of H-pyrrole nitrogens is 1. The summed E-state index contributed by atoms with van der Waals surface area (Å²) in [5.74, 6) is -0.0760. The molecular weight excluding hydrogens is 322 g/mol. The van der Waals surface area contributed by atoms with Crippen molar-refractivity contribution in [3.8, 4) is 0 Å². The van der Waals surface area contributed by atoms with Crippen LogP contribution in [0.15, 0.2) is 40.3 Å². The third-order valence-corrected chi connectivity index (χ3v) is 4.96. The third kappa shape index (κ3) is 4.71. The van der Waals surface area contributed by atoms with E-state index < -0.39 is 0 Å². The minimum atomic E-state index is -0.315. The van der Waals surface area contributed by atoms with Gasteiger partial charge in [0, 0.05) is 17.4 Å². The SMILES string of the molecule is CCc1cc(=O)[nH]c(SC(CC)C(=O)Nc2ccccc2CC)n1. The van der Waals surface area contributed by atoms with Crippen LogP contribution in [0.25, 0.3) is 0 Å². The van der Waals surface area contributed by atoms with Gasteiger partial charge in [0.1, 0.15) is 0 Å². The van der Waals surface area contributed by atoms with Gasteiger partial charge in [0.05, 0.1) is 5.25 Å². The van der Waals surface area contributed by atoms with Crippen molar-refractivity contribution in [3.63, 3.8) is 0 Å². The molecule has 0 aliphatic rings. The minimum Gasteiger partial charge on any atom is -0.325 e. The van der Waals surface area contributed by atoms with Gasteiger partial charge in [-0.1, -0.05) is 50.7 Å². The second kappa shape index (κ2) is 8.68. The molecule has 1 atom stereocenters. The zero-order valence-electron chi connectivity index (χ0n) is 14.3. The van der Waals surface area contributed by atoms with E-state index in [-0.39, 0.29) is 16.7 Å². The second-order valence-electron chi connectivity index (χ2n) is 5.41. The Kier molecular flexibility index (Phi) is 6.61. The van der Waals surface area contributed by atoms with Gasteiger partial charge in [0.25, 0.3) is 5.56 Å². The maximum Gasteiger partial charge on any atom is 0.251 e. The van der Waals surface area contributed by atoms with E-state index in [4.69, 9.17) is 0 Å². The molecule has 0 saturated heterocycles. The quantitative estimate of drug-likeness (QED) is 0.596. The minimum absolute atomic E-state index is 0.0760. The van der Waals surface area contributed by atoms with Gasteiger partial charge < -0.3 is 10.3 Å². The smallest absolute Gasteiger partial charge is 0.251 e. The molecule has 6 heteroatoms. The van der Waals surface area contributed by atoms with E-state index in [9.17, 15) is 9.59 Å². The Bertz CT molecular complexity index is 758. The first-order valence-corrected chi connectivity index (χ1v) is 9.10. The number of nitrogens with zero attached hydrogens (tertiary/aromatic N) is 1. The van der Waals surface area contributed by atoms with E-state index in [2.05, 4.69) is 22.2 Å². The fourth-order valence-electron chi connectivity index (χ4n) is 2.34. The van der Waals surface area contributed by atoms with Crippen molar-refractivity contribution in [1.82, 2.24) is 9.97 Å². The fraction of sp³-hybridized carbons (Fsp3) is 0.389. The van der Waals surface area contributed by atoms with E-state index in [0.29, 0.717) is 18.0 Å². The molecule has 2 aromatic rings. The molecule has 0 bridgehead atoms. The predicted molar refractivity (Wildman–Crippen MR) is 98.6 cm³/mol.